The zero-order valence-electron chi connectivity index (χ0n) is 17.0. The van der Waals surface area contributed by atoms with Crippen molar-refractivity contribution in [3.8, 4) is 5.75 Å². The smallest absolute Gasteiger partial charge is 0.254 e. The fraction of sp³-hybridized carbons (Fsp3) is 0.458. The summed E-state index contributed by atoms with van der Waals surface area (Å²) in [7, 11) is 2.16. The number of nitrogens with zero attached hydrogens (tertiary/aromatic N) is 2. The number of hydrogen-bond donors (Lipinski definition) is 0. The zero-order chi connectivity index (χ0) is 20.2. The molecule has 1 saturated heterocycles. The van der Waals surface area contributed by atoms with Crippen molar-refractivity contribution in [1.29, 1.82) is 0 Å². The average Bonchev–Trinajstić information content (AvgIpc) is 3.56. The van der Waals surface area contributed by atoms with Crippen LogP contribution >= 0.6 is 0 Å². The first-order valence-corrected chi connectivity index (χ1v) is 10.6. The molecule has 1 aliphatic carbocycles. The standard InChI is InChI=1S/C24H29FN2O2/c1-26-12-4-6-19(15-26)17-29-23-9-2-5-18(13-23)16-27(22-10-11-22)24(28)20-7-3-8-21(25)14-20/h2-3,5,7-9,13-14,19,22H,4,6,10-12,15-17H2,1H3. The van der Waals surface area contributed by atoms with Gasteiger partial charge in [-0.05, 0) is 75.2 Å². The lowest BCUT2D eigenvalue weighted by Crippen LogP contribution is -2.34. The van der Waals surface area contributed by atoms with E-state index in [0.29, 0.717) is 18.0 Å². The van der Waals surface area contributed by atoms with Crippen LogP contribution in [0, 0.1) is 11.7 Å². The van der Waals surface area contributed by atoms with Crippen molar-refractivity contribution < 1.29 is 13.9 Å². The van der Waals surface area contributed by atoms with Crippen molar-refractivity contribution in [2.24, 2.45) is 5.92 Å². The molecule has 1 unspecified atom stereocenters. The maximum absolute atomic E-state index is 13.6. The van der Waals surface area contributed by atoms with Crippen LogP contribution < -0.4 is 4.74 Å². The maximum atomic E-state index is 13.6. The molecule has 154 valence electrons. The van der Waals surface area contributed by atoms with E-state index in [9.17, 15) is 9.18 Å². The largest absolute Gasteiger partial charge is 0.493 e. The summed E-state index contributed by atoms with van der Waals surface area (Å²) in [6, 6.07) is 14.2. The maximum Gasteiger partial charge on any atom is 0.254 e. The van der Waals surface area contributed by atoms with Gasteiger partial charge in [0.15, 0.2) is 0 Å². The molecule has 29 heavy (non-hydrogen) atoms. The highest BCUT2D eigenvalue weighted by Crippen LogP contribution is 2.30. The fourth-order valence-electron chi connectivity index (χ4n) is 4.09. The van der Waals surface area contributed by atoms with Gasteiger partial charge in [-0.2, -0.15) is 0 Å². The molecule has 1 atom stereocenters. The van der Waals surface area contributed by atoms with Gasteiger partial charge < -0.3 is 14.5 Å². The first-order valence-electron chi connectivity index (χ1n) is 10.6. The molecule has 1 heterocycles. The van der Waals surface area contributed by atoms with Gasteiger partial charge >= 0.3 is 0 Å². The van der Waals surface area contributed by atoms with E-state index in [-0.39, 0.29) is 17.8 Å². The van der Waals surface area contributed by atoms with Crippen molar-refractivity contribution in [3.05, 3.63) is 65.5 Å². The van der Waals surface area contributed by atoms with E-state index < -0.39 is 0 Å². The van der Waals surface area contributed by atoms with Crippen molar-refractivity contribution in [2.45, 2.75) is 38.3 Å². The minimum Gasteiger partial charge on any atom is -0.493 e. The lowest BCUT2D eigenvalue weighted by molar-refractivity contribution is 0.0729. The van der Waals surface area contributed by atoms with E-state index in [1.807, 2.05) is 29.2 Å². The zero-order valence-corrected chi connectivity index (χ0v) is 17.0. The molecule has 4 rings (SSSR count). The second kappa shape index (κ2) is 8.95. The Morgan fingerprint density at radius 2 is 2.00 bits per heavy atom. The number of rotatable bonds is 7. The summed E-state index contributed by atoms with van der Waals surface area (Å²) in [5.41, 5.74) is 1.45. The predicted molar refractivity (Wildman–Crippen MR) is 111 cm³/mol. The predicted octanol–water partition coefficient (Wildman–Crippen LogP) is 4.35. The summed E-state index contributed by atoms with van der Waals surface area (Å²) in [6.45, 7) is 3.49. The van der Waals surface area contributed by atoms with Crippen LogP contribution in [-0.4, -0.2) is 48.5 Å². The Hall–Kier alpha value is -2.40. The van der Waals surface area contributed by atoms with Gasteiger partial charge in [-0.1, -0.05) is 18.2 Å². The van der Waals surface area contributed by atoms with Crippen LogP contribution in [0.15, 0.2) is 48.5 Å². The lowest BCUT2D eigenvalue weighted by Gasteiger charge is -2.29. The molecule has 2 aliphatic rings. The van der Waals surface area contributed by atoms with Gasteiger partial charge in [0.1, 0.15) is 11.6 Å². The first-order chi connectivity index (χ1) is 14.1. The van der Waals surface area contributed by atoms with Crippen molar-refractivity contribution >= 4 is 5.91 Å². The Morgan fingerprint density at radius 1 is 1.17 bits per heavy atom. The molecule has 5 heteroatoms. The highest BCUT2D eigenvalue weighted by Gasteiger charge is 2.33. The molecule has 2 aromatic carbocycles. The van der Waals surface area contributed by atoms with Gasteiger partial charge in [0.2, 0.25) is 0 Å². The van der Waals surface area contributed by atoms with Gasteiger partial charge in [-0.15, -0.1) is 0 Å². The van der Waals surface area contributed by atoms with Crippen molar-refractivity contribution in [2.75, 3.05) is 26.7 Å². The quantitative estimate of drug-likeness (QED) is 0.698. The van der Waals surface area contributed by atoms with Gasteiger partial charge in [0.25, 0.3) is 5.91 Å². The number of carbonyl (C=O) groups excluding carboxylic acids is 1. The van der Waals surface area contributed by atoms with Crippen LogP contribution in [0.5, 0.6) is 5.75 Å². The molecule has 0 N–H and O–H groups in total. The van der Waals surface area contributed by atoms with Gasteiger partial charge in [0, 0.05) is 30.6 Å². The highest BCUT2D eigenvalue weighted by atomic mass is 19.1. The van der Waals surface area contributed by atoms with Crippen molar-refractivity contribution in [1.82, 2.24) is 9.80 Å². The Kier molecular flexibility index (Phi) is 6.14. The number of hydrogen-bond acceptors (Lipinski definition) is 3. The van der Waals surface area contributed by atoms with Gasteiger partial charge in [0.05, 0.1) is 6.61 Å². The molecule has 2 aromatic rings. The normalized spacial score (nSPS) is 19.7. The molecular weight excluding hydrogens is 367 g/mol. The third-order valence-electron chi connectivity index (χ3n) is 5.78. The van der Waals surface area contributed by atoms with Crippen molar-refractivity contribution in [3.63, 3.8) is 0 Å². The second-order valence-corrected chi connectivity index (χ2v) is 8.40. The van der Waals surface area contributed by atoms with E-state index in [4.69, 9.17) is 4.74 Å². The van der Waals surface area contributed by atoms with E-state index >= 15 is 0 Å². The lowest BCUT2D eigenvalue weighted by atomic mass is 9.99. The second-order valence-electron chi connectivity index (χ2n) is 8.40. The number of piperidine rings is 1. The minimum atomic E-state index is -0.379. The van der Waals surface area contributed by atoms with Crippen LogP contribution in [0.2, 0.25) is 0 Å². The summed E-state index contributed by atoms with van der Waals surface area (Å²) in [5.74, 6) is 0.929. The molecule has 0 radical (unpaired) electrons. The SMILES string of the molecule is CN1CCCC(COc2cccc(CN(C(=O)c3cccc(F)c3)C3CC3)c2)C1. The molecule has 1 amide bonds. The molecular formula is C24H29FN2O2. The van der Waals surface area contributed by atoms with Crippen LogP contribution in [0.4, 0.5) is 4.39 Å². The molecule has 1 aliphatic heterocycles. The van der Waals surface area contributed by atoms with Crippen LogP contribution in [0.1, 0.15) is 41.6 Å². The van der Waals surface area contributed by atoms with Crippen LogP contribution in [0.3, 0.4) is 0 Å². The number of likely N-dealkylation sites (tertiary alicyclic amines) is 1. The third-order valence-corrected chi connectivity index (χ3v) is 5.78. The van der Waals surface area contributed by atoms with Gasteiger partial charge in [-0.25, -0.2) is 4.39 Å². The van der Waals surface area contributed by atoms with E-state index in [1.54, 1.807) is 12.1 Å². The third kappa shape index (κ3) is 5.36. The Balaban J connectivity index is 1.41. The molecule has 1 saturated carbocycles. The fourth-order valence-corrected chi connectivity index (χ4v) is 4.09. The summed E-state index contributed by atoms with van der Waals surface area (Å²) in [6.07, 6.45) is 4.45. The number of carbonyl (C=O) groups is 1. The summed E-state index contributed by atoms with van der Waals surface area (Å²) >= 11 is 0. The summed E-state index contributed by atoms with van der Waals surface area (Å²) in [4.78, 5) is 17.2. The van der Waals surface area contributed by atoms with E-state index in [0.717, 1.165) is 37.3 Å². The highest BCUT2D eigenvalue weighted by molar-refractivity contribution is 5.94. The number of ether oxygens (including phenoxy) is 1. The molecule has 0 aromatic heterocycles. The van der Waals surface area contributed by atoms with E-state index in [2.05, 4.69) is 11.9 Å². The Bertz CT molecular complexity index is 852. The molecule has 0 bridgehead atoms. The monoisotopic (exact) mass is 396 g/mol. The number of halogens is 1. The van der Waals surface area contributed by atoms with Crippen LogP contribution in [-0.2, 0) is 6.54 Å². The van der Waals surface area contributed by atoms with Crippen LogP contribution in [0.25, 0.3) is 0 Å². The summed E-state index contributed by atoms with van der Waals surface area (Å²) < 4.78 is 19.6. The molecule has 2 fully saturated rings. The molecule has 4 nitrogen and oxygen atoms in total. The number of benzene rings is 2. The average molecular weight is 397 g/mol. The first kappa shape index (κ1) is 19.9. The Morgan fingerprint density at radius 3 is 2.76 bits per heavy atom. The molecule has 0 spiro atoms. The van der Waals surface area contributed by atoms with Gasteiger partial charge in [-0.3, -0.25) is 4.79 Å². The van der Waals surface area contributed by atoms with E-state index in [1.165, 1.54) is 31.5 Å². The number of amides is 1. The summed E-state index contributed by atoms with van der Waals surface area (Å²) in [5, 5.41) is 0. The topological polar surface area (TPSA) is 32.8 Å². The minimum absolute atomic E-state index is 0.108. The Labute approximate surface area is 172 Å².